The normalized spacial score (nSPS) is 31.3. The van der Waals surface area contributed by atoms with E-state index in [4.69, 9.17) is 18.9 Å². The van der Waals surface area contributed by atoms with Gasteiger partial charge in [0.05, 0.1) is 25.6 Å². The molecule has 2 saturated carbocycles. The van der Waals surface area contributed by atoms with Crippen LogP contribution in [0.4, 0.5) is 4.79 Å². The summed E-state index contributed by atoms with van der Waals surface area (Å²) in [5.74, 6) is -2.59. The Balaban J connectivity index is 1.26. The van der Waals surface area contributed by atoms with E-state index in [2.05, 4.69) is 10.9 Å². The topological polar surface area (TPSA) is 195 Å². The Hall–Kier alpha value is -4.59. The lowest BCUT2D eigenvalue weighted by Crippen LogP contribution is -2.63. The van der Waals surface area contributed by atoms with Crippen molar-refractivity contribution >= 4 is 29.7 Å². The molecule has 14 nitrogen and oxygen atoms in total. The van der Waals surface area contributed by atoms with E-state index in [-0.39, 0.29) is 61.8 Å². The summed E-state index contributed by atoms with van der Waals surface area (Å²) in [7, 11) is 0. The lowest BCUT2D eigenvalue weighted by Gasteiger charge is -2.59. The minimum atomic E-state index is -1.75. The average Bonchev–Trinajstić information content (AvgIpc) is 3.33. The van der Waals surface area contributed by atoms with Crippen LogP contribution in [0.5, 0.6) is 5.75 Å². The van der Waals surface area contributed by atoms with E-state index in [9.17, 15) is 39.2 Å². The van der Waals surface area contributed by atoms with Crippen molar-refractivity contribution in [2.45, 2.75) is 84.0 Å². The summed E-state index contributed by atoms with van der Waals surface area (Å²) in [5.41, 5.74) is -1.92. The number of aliphatic hydroxyl groups is 1. The van der Waals surface area contributed by atoms with Gasteiger partial charge in [0.25, 0.3) is 5.09 Å². The Morgan fingerprint density at radius 1 is 1.10 bits per heavy atom. The molecule has 14 heteroatoms. The number of fused-ring (bicyclic) bond motifs is 5. The van der Waals surface area contributed by atoms with Gasteiger partial charge in [-0.15, -0.1) is 10.1 Å². The zero-order valence-corrected chi connectivity index (χ0v) is 27.7. The first-order valence-electron chi connectivity index (χ1n) is 16.4. The molecule has 0 aromatic heterocycles. The summed E-state index contributed by atoms with van der Waals surface area (Å²) in [4.78, 5) is 78.9. The number of carbonyl (C=O) groups is 5. The molecule has 0 unspecified atom stereocenters. The van der Waals surface area contributed by atoms with Crippen LogP contribution < -0.4 is 4.74 Å². The van der Waals surface area contributed by atoms with Gasteiger partial charge in [-0.25, -0.2) is 4.79 Å². The van der Waals surface area contributed by atoms with Crippen molar-refractivity contribution in [3.63, 3.8) is 0 Å². The van der Waals surface area contributed by atoms with E-state index in [1.165, 1.54) is 18.2 Å². The molecule has 4 aliphatic carbocycles. The third-order valence-electron chi connectivity index (χ3n) is 10.9. The number of aliphatic hydroxyl groups excluding tert-OH is 1. The first kappa shape index (κ1) is 35.7. The molecule has 0 bridgehead atoms. The van der Waals surface area contributed by atoms with Gasteiger partial charge in [-0.2, -0.15) is 0 Å². The highest BCUT2D eigenvalue weighted by molar-refractivity contribution is 5.94. The van der Waals surface area contributed by atoms with Crippen molar-refractivity contribution in [2.24, 2.45) is 28.6 Å². The fourth-order valence-corrected chi connectivity index (χ4v) is 8.74. The lowest BCUT2D eigenvalue weighted by atomic mass is 9.47. The Morgan fingerprint density at radius 3 is 2.59 bits per heavy atom. The van der Waals surface area contributed by atoms with Gasteiger partial charge in [0.15, 0.2) is 18.0 Å². The number of hydrogen-bond donors (Lipinski definition) is 1. The monoisotopic (exact) mass is 683 g/mol. The predicted octanol–water partition coefficient (Wildman–Crippen LogP) is 4.38. The molecule has 0 saturated heterocycles. The van der Waals surface area contributed by atoms with Gasteiger partial charge in [0, 0.05) is 23.2 Å². The number of ketones is 2. The van der Waals surface area contributed by atoms with Crippen molar-refractivity contribution in [2.75, 3.05) is 13.2 Å². The number of carbonyl (C=O) groups excluding carboxylic acids is 5. The number of Topliss-reactive ketones (excluding diaryl/α,β-unsaturated/α-hetero) is 1. The van der Waals surface area contributed by atoms with E-state index >= 15 is 0 Å². The fraction of sp³-hybridized carbons (Fsp3) is 0.571. The van der Waals surface area contributed by atoms with Crippen LogP contribution in [0.3, 0.4) is 0 Å². The molecule has 0 aliphatic heterocycles. The zero-order valence-electron chi connectivity index (χ0n) is 27.7. The first-order chi connectivity index (χ1) is 23.2. The van der Waals surface area contributed by atoms with Gasteiger partial charge < -0.3 is 28.9 Å². The Bertz CT molecular complexity index is 1580. The SMILES string of the molecule is CCOC(=O)O[C@]1(C(=O)COC(=O)CCC(=O)Oc2cccc(CO[N+](=O)[O-])c2)CC[C@H]2[C@@H]3CC=C4CC(=O)C=C[C@]4(C)[C@H]3[C@@H](O)C[C@@]21C. The largest absolute Gasteiger partial charge is 0.509 e. The minimum Gasteiger partial charge on any atom is -0.457 e. The summed E-state index contributed by atoms with van der Waals surface area (Å²) >= 11 is 0. The standard InChI is InChI=1S/C35H41NO13/c1-4-45-32(42)49-35(28(39)20-46-29(40)10-11-30(41)48-24-7-5-6-21(16-24)19-47-36(43)44)15-13-26-25-9-8-22-17-23(37)12-14-33(22,2)31(25)27(38)18-34(26,35)3/h5-8,12,14,16,25-27,31,38H,4,9-11,13,15,17-20H2,1-3H3/t25-,26-,27-,31+,33-,34-,35-/m0/s1. The maximum absolute atomic E-state index is 14.1. The summed E-state index contributed by atoms with van der Waals surface area (Å²) in [6.45, 7) is 4.41. The molecule has 4 aliphatic rings. The van der Waals surface area contributed by atoms with E-state index in [0.29, 0.717) is 24.8 Å². The van der Waals surface area contributed by atoms with E-state index in [1.54, 1.807) is 19.1 Å². The number of esters is 2. The number of allylic oxidation sites excluding steroid dienone is 4. The van der Waals surface area contributed by atoms with Crippen molar-refractivity contribution in [3.8, 4) is 5.75 Å². The van der Waals surface area contributed by atoms with Gasteiger partial charge in [-0.1, -0.05) is 43.7 Å². The maximum atomic E-state index is 14.1. The van der Waals surface area contributed by atoms with E-state index < -0.39 is 64.5 Å². The van der Waals surface area contributed by atoms with E-state index in [0.717, 1.165) is 5.57 Å². The highest BCUT2D eigenvalue weighted by atomic mass is 16.9. The van der Waals surface area contributed by atoms with Crippen LogP contribution in [-0.4, -0.2) is 64.8 Å². The van der Waals surface area contributed by atoms with Gasteiger partial charge in [-0.3, -0.25) is 19.2 Å². The second-order valence-corrected chi connectivity index (χ2v) is 13.6. The van der Waals surface area contributed by atoms with Gasteiger partial charge >= 0.3 is 18.1 Å². The van der Waals surface area contributed by atoms with Crippen LogP contribution in [0.2, 0.25) is 0 Å². The third-order valence-corrected chi connectivity index (χ3v) is 10.9. The molecular weight excluding hydrogens is 642 g/mol. The molecule has 0 radical (unpaired) electrons. The van der Waals surface area contributed by atoms with Crippen LogP contribution >= 0.6 is 0 Å². The van der Waals surface area contributed by atoms with Crippen molar-refractivity contribution in [1.82, 2.24) is 0 Å². The lowest BCUT2D eigenvalue weighted by molar-refractivity contribution is -0.763. The van der Waals surface area contributed by atoms with Crippen LogP contribution in [0.15, 0.2) is 48.1 Å². The molecule has 264 valence electrons. The quantitative estimate of drug-likeness (QED) is 0.107. The molecular formula is C35H41NO13. The smallest absolute Gasteiger partial charge is 0.457 e. The van der Waals surface area contributed by atoms with Gasteiger partial charge in [0.1, 0.15) is 12.4 Å². The van der Waals surface area contributed by atoms with Gasteiger partial charge in [0.2, 0.25) is 5.78 Å². The second-order valence-electron chi connectivity index (χ2n) is 13.6. The fourth-order valence-electron chi connectivity index (χ4n) is 8.74. The molecule has 0 heterocycles. The molecule has 7 atom stereocenters. The van der Waals surface area contributed by atoms with Crippen LogP contribution in [0.25, 0.3) is 0 Å². The minimum absolute atomic E-state index is 0.00952. The van der Waals surface area contributed by atoms with Crippen LogP contribution in [0.1, 0.15) is 71.3 Å². The molecule has 0 amide bonds. The number of benzene rings is 1. The average molecular weight is 684 g/mol. The number of hydrogen-bond acceptors (Lipinski definition) is 13. The molecule has 49 heavy (non-hydrogen) atoms. The maximum Gasteiger partial charge on any atom is 0.509 e. The number of rotatable bonds is 12. The zero-order chi connectivity index (χ0) is 35.6. The van der Waals surface area contributed by atoms with Crippen molar-refractivity contribution in [1.29, 1.82) is 0 Å². The molecule has 2 fully saturated rings. The third kappa shape index (κ3) is 6.96. The first-order valence-corrected chi connectivity index (χ1v) is 16.4. The van der Waals surface area contributed by atoms with E-state index in [1.807, 2.05) is 19.9 Å². The van der Waals surface area contributed by atoms with Crippen molar-refractivity contribution in [3.05, 3.63) is 63.7 Å². The summed E-state index contributed by atoms with van der Waals surface area (Å²) in [6.07, 6.45) is 4.51. The molecule has 0 spiro atoms. The Kier molecular flexibility index (Phi) is 10.3. The number of nitrogens with zero attached hydrogens (tertiary/aromatic N) is 1. The predicted molar refractivity (Wildman–Crippen MR) is 168 cm³/mol. The highest BCUT2D eigenvalue weighted by Crippen LogP contribution is 2.67. The Labute approximate surface area is 282 Å². The van der Waals surface area contributed by atoms with Gasteiger partial charge in [-0.05, 0) is 68.2 Å². The van der Waals surface area contributed by atoms with Crippen molar-refractivity contribution < 1.29 is 58.0 Å². The highest BCUT2D eigenvalue weighted by Gasteiger charge is 2.70. The molecule has 5 rings (SSSR count). The summed E-state index contributed by atoms with van der Waals surface area (Å²) in [6, 6.07) is 5.92. The summed E-state index contributed by atoms with van der Waals surface area (Å²) < 4.78 is 21.5. The number of ether oxygens (including phenoxy) is 4. The van der Waals surface area contributed by atoms with Crippen LogP contribution in [0, 0.1) is 38.7 Å². The summed E-state index contributed by atoms with van der Waals surface area (Å²) in [5, 5.41) is 21.2. The Morgan fingerprint density at radius 2 is 1.86 bits per heavy atom. The van der Waals surface area contributed by atoms with Crippen LogP contribution in [-0.2, 0) is 44.8 Å². The molecule has 1 aromatic rings. The molecule has 1 aromatic carbocycles. The second kappa shape index (κ2) is 14.1. The molecule has 1 N–H and O–H groups in total.